The number of furan rings is 1. The van der Waals surface area contributed by atoms with Crippen molar-refractivity contribution < 1.29 is 13.6 Å². The highest BCUT2D eigenvalue weighted by Crippen LogP contribution is 2.25. The number of nitrogens with one attached hydrogen (secondary N) is 1. The molecule has 158 valence electrons. The number of aromatic nitrogens is 2. The number of rotatable bonds is 6. The minimum Gasteiger partial charge on any atom is -0.468 e. The summed E-state index contributed by atoms with van der Waals surface area (Å²) < 4.78 is 20.6. The van der Waals surface area contributed by atoms with Gasteiger partial charge >= 0.3 is 0 Å². The maximum absolute atomic E-state index is 13.3. The van der Waals surface area contributed by atoms with Gasteiger partial charge in [-0.25, -0.2) is 9.07 Å². The van der Waals surface area contributed by atoms with Crippen molar-refractivity contribution >= 4 is 5.91 Å². The molecule has 0 aliphatic carbocycles. The van der Waals surface area contributed by atoms with E-state index in [1.165, 1.54) is 18.6 Å². The second-order valence-corrected chi connectivity index (χ2v) is 7.77. The first kappa shape index (κ1) is 20.3. The molecule has 1 amide bonds. The quantitative estimate of drug-likeness (QED) is 0.662. The SMILES string of the molecule is Cc1nn(-c2ccc(F)cc2)c(C)c1C(=O)NCC(c1ccco1)N1CCCCC1. The summed E-state index contributed by atoms with van der Waals surface area (Å²) in [5.74, 6) is 0.402. The van der Waals surface area contributed by atoms with Crippen molar-refractivity contribution in [1.29, 1.82) is 0 Å². The van der Waals surface area contributed by atoms with Crippen LogP contribution in [-0.2, 0) is 0 Å². The summed E-state index contributed by atoms with van der Waals surface area (Å²) in [6.45, 7) is 6.14. The highest BCUT2D eigenvalue weighted by molar-refractivity contribution is 5.96. The highest BCUT2D eigenvalue weighted by atomic mass is 19.1. The largest absolute Gasteiger partial charge is 0.468 e. The number of carbonyl (C=O) groups is 1. The topological polar surface area (TPSA) is 63.3 Å². The number of halogens is 1. The van der Waals surface area contributed by atoms with Gasteiger partial charge in [0, 0.05) is 6.54 Å². The average Bonchev–Trinajstić information content (AvgIpc) is 3.38. The first-order chi connectivity index (χ1) is 14.5. The number of amides is 1. The Morgan fingerprint density at radius 1 is 1.17 bits per heavy atom. The predicted octanol–water partition coefficient (Wildman–Crippen LogP) is 4.18. The smallest absolute Gasteiger partial charge is 0.255 e. The minimum absolute atomic E-state index is 0.0111. The minimum atomic E-state index is -0.306. The van der Waals surface area contributed by atoms with Gasteiger partial charge in [-0.15, -0.1) is 0 Å². The molecular weight excluding hydrogens is 383 g/mol. The zero-order valence-corrected chi connectivity index (χ0v) is 17.4. The number of hydrogen-bond acceptors (Lipinski definition) is 4. The van der Waals surface area contributed by atoms with Crippen LogP contribution in [0.1, 0.15) is 52.8 Å². The fraction of sp³-hybridized carbons (Fsp3) is 0.391. The lowest BCUT2D eigenvalue weighted by molar-refractivity contribution is 0.0913. The summed E-state index contributed by atoms with van der Waals surface area (Å²) in [5.41, 5.74) is 2.64. The summed E-state index contributed by atoms with van der Waals surface area (Å²) in [6.07, 6.45) is 5.24. The first-order valence-corrected chi connectivity index (χ1v) is 10.4. The lowest BCUT2D eigenvalue weighted by Crippen LogP contribution is -2.40. The Labute approximate surface area is 175 Å². The first-order valence-electron chi connectivity index (χ1n) is 10.4. The molecule has 3 heterocycles. The molecule has 1 unspecified atom stereocenters. The molecule has 0 spiro atoms. The van der Waals surface area contributed by atoms with E-state index in [0.717, 1.165) is 43.1 Å². The van der Waals surface area contributed by atoms with Crippen molar-refractivity contribution in [1.82, 2.24) is 20.0 Å². The van der Waals surface area contributed by atoms with E-state index in [9.17, 15) is 9.18 Å². The van der Waals surface area contributed by atoms with E-state index in [2.05, 4.69) is 15.3 Å². The fourth-order valence-corrected chi connectivity index (χ4v) is 4.20. The maximum atomic E-state index is 13.3. The van der Waals surface area contributed by atoms with Crippen molar-refractivity contribution in [3.63, 3.8) is 0 Å². The van der Waals surface area contributed by atoms with Gasteiger partial charge in [-0.2, -0.15) is 5.10 Å². The average molecular weight is 410 g/mol. The van der Waals surface area contributed by atoms with Crippen molar-refractivity contribution in [2.45, 2.75) is 39.2 Å². The molecule has 3 aromatic rings. The Kier molecular flexibility index (Phi) is 5.99. The Balaban J connectivity index is 1.52. The monoisotopic (exact) mass is 410 g/mol. The number of benzene rings is 1. The van der Waals surface area contributed by atoms with Gasteiger partial charge in [0.2, 0.25) is 0 Å². The van der Waals surface area contributed by atoms with Crippen molar-refractivity contribution in [2.24, 2.45) is 0 Å². The van der Waals surface area contributed by atoms with E-state index in [0.29, 0.717) is 17.8 Å². The molecule has 1 N–H and O–H groups in total. The second-order valence-electron chi connectivity index (χ2n) is 7.77. The Morgan fingerprint density at radius 2 is 1.90 bits per heavy atom. The van der Waals surface area contributed by atoms with Gasteiger partial charge in [-0.05, 0) is 76.2 Å². The molecule has 1 aromatic carbocycles. The van der Waals surface area contributed by atoms with Crippen molar-refractivity contribution in [3.05, 3.63) is 71.2 Å². The Bertz CT molecular complexity index is 989. The van der Waals surface area contributed by atoms with E-state index in [1.54, 1.807) is 23.1 Å². The maximum Gasteiger partial charge on any atom is 0.255 e. The van der Waals surface area contributed by atoms with Crippen LogP contribution < -0.4 is 5.32 Å². The molecule has 6 nitrogen and oxygen atoms in total. The number of likely N-dealkylation sites (tertiary alicyclic amines) is 1. The zero-order chi connectivity index (χ0) is 21.1. The molecule has 0 radical (unpaired) electrons. The van der Waals surface area contributed by atoms with Crippen molar-refractivity contribution in [2.75, 3.05) is 19.6 Å². The highest BCUT2D eigenvalue weighted by Gasteiger charge is 2.26. The van der Waals surface area contributed by atoms with E-state index in [4.69, 9.17) is 4.42 Å². The van der Waals surface area contributed by atoms with Gasteiger partial charge in [-0.3, -0.25) is 9.69 Å². The standard InChI is InChI=1S/C23H27FN4O2/c1-16-22(17(2)28(26-16)19-10-8-18(24)9-11-19)23(29)25-15-20(21-7-6-14-30-21)27-12-4-3-5-13-27/h6-11,14,20H,3-5,12-13,15H2,1-2H3,(H,25,29). The van der Waals surface area contributed by atoms with Crippen LogP contribution in [0, 0.1) is 19.7 Å². The summed E-state index contributed by atoms with van der Waals surface area (Å²) >= 11 is 0. The third kappa shape index (κ3) is 4.16. The summed E-state index contributed by atoms with van der Waals surface area (Å²) in [4.78, 5) is 15.4. The van der Waals surface area contributed by atoms with E-state index < -0.39 is 0 Å². The number of aryl methyl sites for hydroxylation is 1. The normalized spacial score (nSPS) is 15.8. The fourth-order valence-electron chi connectivity index (χ4n) is 4.20. The van der Waals surface area contributed by atoms with Gasteiger partial charge in [0.15, 0.2) is 0 Å². The molecule has 1 atom stereocenters. The van der Waals surface area contributed by atoms with Gasteiger partial charge in [0.1, 0.15) is 11.6 Å². The number of nitrogens with zero attached hydrogens (tertiary/aromatic N) is 3. The van der Waals surface area contributed by atoms with E-state index in [1.807, 2.05) is 26.0 Å². The molecule has 1 saturated heterocycles. The molecular formula is C23H27FN4O2. The lowest BCUT2D eigenvalue weighted by Gasteiger charge is -2.33. The molecule has 7 heteroatoms. The summed E-state index contributed by atoms with van der Waals surface area (Å²) in [5, 5.41) is 7.59. The van der Waals surface area contributed by atoms with Crippen LogP contribution in [0.15, 0.2) is 47.1 Å². The van der Waals surface area contributed by atoms with Gasteiger partial charge in [0.05, 0.1) is 34.9 Å². The molecule has 1 fully saturated rings. The molecule has 0 saturated carbocycles. The molecule has 30 heavy (non-hydrogen) atoms. The molecule has 0 bridgehead atoms. The van der Waals surface area contributed by atoms with Crippen LogP contribution in [-0.4, -0.2) is 40.2 Å². The van der Waals surface area contributed by atoms with Gasteiger partial charge in [0.25, 0.3) is 5.91 Å². The second kappa shape index (κ2) is 8.83. The van der Waals surface area contributed by atoms with Gasteiger partial charge < -0.3 is 9.73 Å². The van der Waals surface area contributed by atoms with Crippen LogP contribution in [0.3, 0.4) is 0 Å². The molecule has 4 rings (SSSR count). The predicted molar refractivity (Wildman–Crippen MR) is 112 cm³/mol. The third-order valence-electron chi connectivity index (χ3n) is 5.75. The van der Waals surface area contributed by atoms with Crippen LogP contribution in [0.5, 0.6) is 0 Å². The van der Waals surface area contributed by atoms with Crippen LogP contribution >= 0.6 is 0 Å². The zero-order valence-electron chi connectivity index (χ0n) is 17.4. The number of hydrogen-bond donors (Lipinski definition) is 1. The van der Waals surface area contributed by atoms with Crippen LogP contribution in [0.2, 0.25) is 0 Å². The van der Waals surface area contributed by atoms with E-state index >= 15 is 0 Å². The number of piperidine rings is 1. The molecule has 2 aromatic heterocycles. The Morgan fingerprint density at radius 3 is 2.57 bits per heavy atom. The Hall–Kier alpha value is -2.93. The number of carbonyl (C=O) groups excluding carboxylic acids is 1. The van der Waals surface area contributed by atoms with Crippen LogP contribution in [0.25, 0.3) is 5.69 Å². The van der Waals surface area contributed by atoms with E-state index in [-0.39, 0.29) is 17.8 Å². The molecule has 1 aliphatic rings. The summed E-state index contributed by atoms with van der Waals surface area (Å²) in [6, 6.07) is 9.94. The summed E-state index contributed by atoms with van der Waals surface area (Å²) in [7, 11) is 0. The lowest BCUT2D eigenvalue weighted by atomic mass is 10.1. The van der Waals surface area contributed by atoms with Crippen LogP contribution in [0.4, 0.5) is 4.39 Å². The molecule has 1 aliphatic heterocycles. The van der Waals surface area contributed by atoms with Gasteiger partial charge in [-0.1, -0.05) is 6.42 Å². The third-order valence-corrected chi connectivity index (χ3v) is 5.75. The van der Waals surface area contributed by atoms with Crippen molar-refractivity contribution in [3.8, 4) is 5.69 Å².